The summed E-state index contributed by atoms with van der Waals surface area (Å²) in [6, 6.07) is 1.86. The zero-order chi connectivity index (χ0) is 9.68. The Bertz CT molecular complexity index is 279. The van der Waals surface area contributed by atoms with Gasteiger partial charge in [-0.25, -0.2) is 9.97 Å². The molecule has 0 aliphatic carbocycles. The quantitative estimate of drug-likeness (QED) is 0.501. The van der Waals surface area contributed by atoms with Crippen LogP contribution in [-0.4, -0.2) is 16.5 Å². The summed E-state index contributed by atoms with van der Waals surface area (Å²) in [6.45, 7) is 6.36. The third kappa shape index (κ3) is 3.55. The summed E-state index contributed by atoms with van der Waals surface area (Å²) in [5.74, 6) is 1.61. The number of anilines is 1. The number of rotatable bonds is 4. The average molecular weight is 242 g/mol. The molecule has 0 amide bonds. The topological polar surface area (TPSA) is 37.8 Å². The van der Waals surface area contributed by atoms with Crippen LogP contribution in [0.25, 0.3) is 0 Å². The fourth-order valence-corrected chi connectivity index (χ4v) is 1.40. The van der Waals surface area contributed by atoms with E-state index < -0.39 is 0 Å². The molecule has 0 saturated carbocycles. The predicted molar refractivity (Wildman–Crippen MR) is 57.8 cm³/mol. The van der Waals surface area contributed by atoms with Gasteiger partial charge in [0.2, 0.25) is 0 Å². The van der Waals surface area contributed by atoms with Crippen molar-refractivity contribution in [3.8, 4) is 0 Å². The fraction of sp³-hybridized carbons (Fsp3) is 0.333. The van der Waals surface area contributed by atoms with E-state index in [1.165, 1.54) is 0 Å². The van der Waals surface area contributed by atoms with Crippen LogP contribution in [0.3, 0.4) is 0 Å². The summed E-state index contributed by atoms with van der Waals surface area (Å²) < 4.78 is 0.807. The van der Waals surface area contributed by atoms with E-state index in [0.29, 0.717) is 0 Å². The van der Waals surface area contributed by atoms with Gasteiger partial charge in [0, 0.05) is 12.6 Å². The molecular formula is C9H12BrN3. The van der Waals surface area contributed by atoms with Gasteiger partial charge in [0.1, 0.15) is 16.2 Å². The Hall–Kier alpha value is -0.900. The van der Waals surface area contributed by atoms with E-state index in [4.69, 9.17) is 0 Å². The Morgan fingerprint density at radius 2 is 2.38 bits per heavy atom. The van der Waals surface area contributed by atoms with Gasteiger partial charge in [-0.05, 0) is 29.3 Å². The first kappa shape index (κ1) is 10.2. The zero-order valence-corrected chi connectivity index (χ0v) is 9.13. The number of halogens is 1. The van der Waals surface area contributed by atoms with E-state index in [0.717, 1.165) is 29.2 Å². The van der Waals surface area contributed by atoms with Crippen LogP contribution in [0.2, 0.25) is 0 Å². The van der Waals surface area contributed by atoms with Crippen LogP contribution in [0, 0.1) is 6.92 Å². The molecule has 0 saturated heterocycles. The van der Waals surface area contributed by atoms with Gasteiger partial charge in [-0.2, -0.15) is 0 Å². The summed E-state index contributed by atoms with van der Waals surface area (Å²) in [5.41, 5.74) is 0. The SMILES string of the molecule is C=CCCNc1cc(Br)nc(C)n1. The van der Waals surface area contributed by atoms with E-state index in [-0.39, 0.29) is 0 Å². The molecule has 0 bridgehead atoms. The average Bonchev–Trinajstić information content (AvgIpc) is 2.03. The summed E-state index contributed by atoms with van der Waals surface area (Å²) in [7, 11) is 0. The Morgan fingerprint density at radius 1 is 1.62 bits per heavy atom. The number of hydrogen-bond acceptors (Lipinski definition) is 3. The highest BCUT2D eigenvalue weighted by atomic mass is 79.9. The molecule has 0 aliphatic heterocycles. The van der Waals surface area contributed by atoms with Crippen LogP contribution in [-0.2, 0) is 0 Å². The number of nitrogens with one attached hydrogen (secondary N) is 1. The molecular weight excluding hydrogens is 230 g/mol. The molecule has 1 aromatic heterocycles. The van der Waals surface area contributed by atoms with Crippen LogP contribution in [0.15, 0.2) is 23.3 Å². The van der Waals surface area contributed by atoms with Crippen molar-refractivity contribution in [2.75, 3.05) is 11.9 Å². The van der Waals surface area contributed by atoms with Crippen molar-refractivity contribution in [3.63, 3.8) is 0 Å². The molecule has 1 rings (SSSR count). The molecule has 4 heteroatoms. The van der Waals surface area contributed by atoms with E-state index in [2.05, 4.69) is 37.8 Å². The lowest BCUT2D eigenvalue weighted by Gasteiger charge is -2.04. The molecule has 0 atom stereocenters. The smallest absolute Gasteiger partial charge is 0.130 e. The Balaban J connectivity index is 2.60. The molecule has 13 heavy (non-hydrogen) atoms. The second-order valence-electron chi connectivity index (χ2n) is 2.63. The van der Waals surface area contributed by atoms with E-state index in [1.54, 1.807) is 0 Å². The standard InChI is InChI=1S/C9H12BrN3/c1-3-4-5-11-9-6-8(10)12-7(2)13-9/h3,6H,1,4-5H2,2H3,(H,11,12,13). The number of nitrogens with zero attached hydrogens (tertiary/aromatic N) is 2. The molecule has 0 aliphatic rings. The molecule has 1 aromatic rings. The van der Waals surface area contributed by atoms with Gasteiger partial charge in [-0.15, -0.1) is 6.58 Å². The minimum atomic E-state index is 0.760. The predicted octanol–water partition coefficient (Wildman–Crippen LogP) is 2.54. The van der Waals surface area contributed by atoms with Crippen LogP contribution in [0.5, 0.6) is 0 Å². The molecule has 70 valence electrons. The first-order valence-corrected chi connectivity index (χ1v) is 4.87. The highest BCUT2D eigenvalue weighted by Gasteiger charge is 1.97. The van der Waals surface area contributed by atoms with Gasteiger partial charge in [0.25, 0.3) is 0 Å². The highest BCUT2D eigenvalue weighted by molar-refractivity contribution is 9.10. The molecule has 0 spiro atoms. The maximum absolute atomic E-state index is 4.22. The summed E-state index contributed by atoms with van der Waals surface area (Å²) in [4.78, 5) is 8.33. The van der Waals surface area contributed by atoms with E-state index in [1.807, 2.05) is 19.1 Å². The van der Waals surface area contributed by atoms with Gasteiger partial charge >= 0.3 is 0 Å². The second-order valence-corrected chi connectivity index (χ2v) is 3.44. The van der Waals surface area contributed by atoms with Gasteiger partial charge in [-0.3, -0.25) is 0 Å². The van der Waals surface area contributed by atoms with Crippen molar-refractivity contribution in [1.29, 1.82) is 0 Å². The third-order valence-corrected chi connectivity index (χ3v) is 1.87. The number of hydrogen-bond donors (Lipinski definition) is 1. The van der Waals surface area contributed by atoms with Crippen LogP contribution >= 0.6 is 15.9 Å². The largest absolute Gasteiger partial charge is 0.370 e. The Kier molecular flexibility index (Phi) is 3.89. The van der Waals surface area contributed by atoms with Gasteiger partial charge in [0.15, 0.2) is 0 Å². The number of aromatic nitrogens is 2. The summed E-state index contributed by atoms with van der Waals surface area (Å²) in [6.07, 6.45) is 2.80. The summed E-state index contributed by atoms with van der Waals surface area (Å²) in [5, 5.41) is 3.17. The molecule has 0 unspecified atom stereocenters. The maximum atomic E-state index is 4.22. The maximum Gasteiger partial charge on any atom is 0.130 e. The Morgan fingerprint density at radius 3 is 3.00 bits per heavy atom. The minimum Gasteiger partial charge on any atom is -0.370 e. The molecule has 0 fully saturated rings. The van der Waals surface area contributed by atoms with Crippen LogP contribution < -0.4 is 5.32 Å². The second kappa shape index (κ2) is 4.97. The first-order valence-electron chi connectivity index (χ1n) is 4.08. The summed E-state index contributed by atoms with van der Waals surface area (Å²) >= 11 is 3.31. The van der Waals surface area contributed by atoms with Gasteiger partial charge < -0.3 is 5.32 Å². The van der Waals surface area contributed by atoms with E-state index in [9.17, 15) is 0 Å². The lowest BCUT2D eigenvalue weighted by atomic mass is 10.4. The lowest BCUT2D eigenvalue weighted by Crippen LogP contribution is -2.03. The molecule has 3 nitrogen and oxygen atoms in total. The van der Waals surface area contributed by atoms with Crippen LogP contribution in [0.4, 0.5) is 5.82 Å². The fourth-order valence-electron chi connectivity index (χ4n) is 0.924. The van der Waals surface area contributed by atoms with Gasteiger partial charge in [0.05, 0.1) is 0 Å². The molecule has 1 heterocycles. The van der Waals surface area contributed by atoms with Crippen molar-refractivity contribution >= 4 is 21.7 Å². The third-order valence-electron chi connectivity index (χ3n) is 1.46. The van der Waals surface area contributed by atoms with Crippen molar-refractivity contribution in [2.24, 2.45) is 0 Å². The highest BCUT2D eigenvalue weighted by Crippen LogP contribution is 2.11. The monoisotopic (exact) mass is 241 g/mol. The van der Waals surface area contributed by atoms with E-state index >= 15 is 0 Å². The first-order chi connectivity index (χ1) is 6.22. The lowest BCUT2D eigenvalue weighted by molar-refractivity contribution is 0.994. The molecule has 1 N–H and O–H groups in total. The normalized spacial score (nSPS) is 9.69. The van der Waals surface area contributed by atoms with Crippen molar-refractivity contribution in [2.45, 2.75) is 13.3 Å². The van der Waals surface area contributed by atoms with Crippen molar-refractivity contribution in [3.05, 3.63) is 29.1 Å². The zero-order valence-electron chi connectivity index (χ0n) is 7.55. The van der Waals surface area contributed by atoms with Crippen LogP contribution in [0.1, 0.15) is 12.2 Å². The Labute approximate surface area is 86.4 Å². The molecule has 0 aromatic carbocycles. The van der Waals surface area contributed by atoms with Gasteiger partial charge in [-0.1, -0.05) is 6.08 Å². The minimum absolute atomic E-state index is 0.760. The van der Waals surface area contributed by atoms with Crippen molar-refractivity contribution < 1.29 is 0 Å². The number of aryl methyl sites for hydroxylation is 1. The van der Waals surface area contributed by atoms with Crippen molar-refractivity contribution in [1.82, 2.24) is 9.97 Å². The molecule has 0 radical (unpaired) electrons.